The maximum atomic E-state index is 12.9. The Morgan fingerprint density at radius 3 is 1.64 bits per heavy atom. The van der Waals surface area contributed by atoms with Crippen molar-refractivity contribution in [1.82, 2.24) is 10.7 Å². The van der Waals surface area contributed by atoms with E-state index in [1.54, 1.807) is 12.1 Å². The zero-order valence-electron chi connectivity index (χ0n) is 26.0. The second-order valence-corrected chi connectivity index (χ2v) is 8.93. The molecule has 0 aliphatic rings. The van der Waals surface area contributed by atoms with Crippen molar-refractivity contribution in [2.75, 3.05) is 56.3 Å². The lowest BCUT2D eigenvalue weighted by molar-refractivity contribution is -0.120. The van der Waals surface area contributed by atoms with E-state index >= 15 is 0 Å². The van der Waals surface area contributed by atoms with Crippen LogP contribution in [0.2, 0.25) is 0 Å². The Balaban J connectivity index is 1.57. The van der Waals surface area contributed by atoms with Gasteiger partial charge in [0, 0.05) is 18.5 Å². The fourth-order valence-corrected chi connectivity index (χ4v) is 4.05. The van der Waals surface area contributed by atoms with Crippen LogP contribution in [0.15, 0.2) is 47.6 Å². The summed E-state index contributed by atoms with van der Waals surface area (Å²) in [5, 5.41) is 6.61. The number of benzene rings is 3. The van der Waals surface area contributed by atoms with Crippen LogP contribution in [0.3, 0.4) is 0 Å². The molecule has 0 spiro atoms. The molecule has 0 saturated heterocycles. The molecule has 0 aromatic heterocycles. The molecule has 3 rings (SSSR count). The van der Waals surface area contributed by atoms with E-state index in [2.05, 4.69) is 15.8 Å². The Morgan fingerprint density at radius 1 is 0.644 bits per heavy atom. The SMILES string of the molecule is COc1cc(C=NNC(=O)CCNC(=O)c2cc(OC)c(OC)c(OC)c2)ccc1OC(=O)c1cc(OC)c(OC)c(OC)c1. The molecule has 0 aliphatic carbocycles. The number of nitrogens with one attached hydrogen (secondary N) is 2. The van der Waals surface area contributed by atoms with E-state index in [-0.39, 0.29) is 35.6 Å². The highest BCUT2D eigenvalue weighted by atomic mass is 16.6. The van der Waals surface area contributed by atoms with E-state index < -0.39 is 17.8 Å². The predicted molar refractivity (Wildman–Crippen MR) is 163 cm³/mol. The summed E-state index contributed by atoms with van der Waals surface area (Å²) >= 11 is 0. The lowest BCUT2D eigenvalue weighted by Gasteiger charge is -2.14. The fourth-order valence-electron chi connectivity index (χ4n) is 4.05. The molecule has 0 atom stereocenters. The molecule has 0 unspecified atom stereocenters. The average Bonchev–Trinajstić information content (AvgIpc) is 3.06. The molecule has 2 N–H and O–H groups in total. The van der Waals surface area contributed by atoms with Crippen molar-refractivity contribution in [2.24, 2.45) is 5.10 Å². The van der Waals surface area contributed by atoms with Gasteiger partial charge in [-0.05, 0) is 48.0 Å². The predicted octanol–water partition coefficient (Wildman–Crippen LogP) is 3.24. The minimum Gasteiger partial charge on any atom is -0.493 e. The van der Waals surface area contributed by atoms with Crippen LogP contribution in [0.25, 0.3) is 0 Å². The summed E-state index contributed by atoms with van der Waals surface area (Å²) in [5.41, 5.74) is 3.39. The van der Waals surface area contributed by atoms with E-state index in [9.17, 15) is 14.4 Å². The Labute approximate surface area is 260 Å². The zero-order chi connectivity index (χ0) is 32.9. The normalized spacial score (nSPS) is 10.5. The second kappa shape index (κ2) is 16.3. The van der Waals surface area contributed by atoms with Crippen LogP contribution in [0, 0.1) is 0 Å². The fraction of sp³-hybridized carbons (Fsp3) is 0.290. The summed E-state index contributed by atoms with van der Waals surface area (Å²) in [7, 11) is 10.1. The van der Waals surface area contributed by atoms with Crippen molar-refractivity contribution in [3.63, 3.8) is 0 Å². The van der Waals surface area contributed by atoms with Crippen LogP contribution in [-0.4, -0.2) is 80.3 Å². The van der Waals surface area contributed by atoms with Crippen LogP contribution in [0.4, 0.5) is 0 Å². The lowest BCUT2D eigenvalue weighted by atomic mass is 10.1. The summed E-state index contributed by atoms with van der Waals surface area (Å²) in [6.45, 7) is 0.0523. The molecular weight excluding hydrogens is 590 g/mol. The van der Waals surface area contributed by atoms with Crippen molar-refractivity contribution in [1.29, 1.82) is 0 Å². The van der Waals surface area contributed by atoms with Gasteiger partial charge in [0.2, 0.25) is 17.4 Å². The molecule has 3 aromatic carbocycles. The third kappa shape index (κ3) is 8.46. The van der Waals surface area contributed by atoms with Gasteiger partial charge in [-0.2, -0.15) is 5.10 Å². The van der Waals surface area contributed by atoms with Gasteiger partial charge in [0.1, 0.15) is 0 Å². The maximum absolute atomic E-state index is 12.9. The summed E-state index contributed by atoms with van der Waals surface area (Å²) in [4.78, 5) is 37.8. The van der Waals surface area contributed by atoms with Gasteiger partial charge in [-0.15, -0.1) is 0 Å². The van der Waals surface area contributed by atoms with Crippen LogP contribution >= 0.6 is 0 Å². The number of nitrogens with zero attached hydrogens (tertiary/aromatic N) is 1. The number of hydrogen-bond acceptors (Lipinski definition) is 12. The Hall–Kier alpha value is -5.66. The minimum absolute atomic E-state index is 0.0351. The van der Waals surface area contributed by atoms with Gasteiger partial charge in [0.25, 0.3) is 5.91 Å². The number of hydrogen-bond donors (Lipinski definition) is 2. The monoisotopic (exact) mass is 625 g/mol. The van der Waals surface area contributed by atoms with Crippen LogP contribution in [-0.2, 0) is 4.79 Å². The Bertz CT molecular complexity index is 1510. The lowest BCUT2D eigenvalue weighted by Crippen LogP contribution is -2.29. The minimum atomic E-state index is -0.682. The molecule has 3 aromatic rings. The molecule has 0 aliphatic heterocycles. The molecule has 0 radical (unpaired) electrons. The van der Waals surface area contributed by atoms with E-state index in [1.165, 1.54) is 86.3 Å². The van der Waals surface area contributed by atoms with Gasteiger partial charge in [-0.3, -0.25) is 9.59 Å². The number of carbonyl (C=O) groups is 3. The topological polar surface area (TPSA) is 161 Å². The highest BCUT2D eigenvalue weighted by Gasteiger charge is 2.20. The van der Waals surface area contributed by atoms with E-state index in [0.717, 1.165) is 0 Å². The quantitative estimate of drug-likeness (QED) is 0.110. The van der Waals surface area contributed by atoms with E-state index in [0.29, 0.717) is 40.1 Å². The number of methoxy groups -OCH3 is 7. The first-order valence-electron chi connectivity index (χ1n) is 13.3. The van der Waals surface area contributed by atoms with Gasteiger partial charge in [0.05, 0.1) is 61.5 Å². The van der Waals surface area contributed by atoms with Crippen molar-refractivity contribution in [3.05, 3.63) is 59.2 Å². The van der Waals surface area contributed by atoms with Crippen LogP contribution < -0.4 is 48.6 Å². The first-order chi connectivity index (χ1) is 21.7. The molecule has 14 heteroatoms. The van der Waals surface area contributed by atoms with Crippen LogP contribution in [0.5, 0.6) is 46.0 Å². The maximum Gasteiger partial charge on any atom is 0.343 e. The largest absolute Gasteiger partial charge is 0.493 e. The summed E-state index contributed by atoms with van der Waals surface area (Å²) < 4.78 is 42.6. The third-order valence-electron chi connectivity index (χ3n) is 6.26. The smallest absolute Gasteiger partial charge is 0.343 e. The highest BCUT2D eigenvalue weighted by molar-refractivity contribution is 5.96. The molecule has 240 valence electrons. The number of rotatable bonds is 15. The molecule has 0 bridgehead atoms. The molecular formula is C31H35N3O11. The van der Waals surface area contributed by atoms with Crippen molar-refractivity contribution >= 4 is 24.0 Å². The molecule has 2 amide bonds. The number of hydrazone groups is 1. The highest BCUT2D eigenvalue weighted by Crippen LogP contribution is 2.39. The van der Waals surface area contributed by atoms with Gasteiger partial charge in [-0.25, -0.2) is 10.2 Å². The van der Waals surface area contributed by atoms with Gasteiger partial charge < -0.3 is 43.2 Å². The van der Waals surface area contributed by atoms with Gasteiger partial charge in [-0.1, -0.05) is 0 Å². The molecule has 0 saturated carbocycles. The number of carbonyl (C=O) groups excluding carboxylic acids is 3. The molecule has 0 heterocycles. The number of ether oxygens (including phenoxy) is 8. The first kappa shape index (κ1) is 33.8. The van der Waals surface area contributed by atoms with Gasteiger partial charge in [0.15, 0.2) is 34.5 Å². The average molecular weight is 626 g/mol. The third-order valence-corrected chi connectivity index (χ3v) is 6.26. The van der Waals surface area contributed by atoms with Crippen molar-refractivity contribution in [2.45, 2.75) is 6.42 Å². The molecule has 45 heavy (non-hydrogen) atoms. The Kier molecular flexibility index (Phi) is 12.2. The van der Waals surface area contributed by atoms with Gasteiger partial charge >= 0.3 is 5.97 Å². The summed E-state index contributed by atoms with van der Waals surface area (Å²) in [6, 6.07) is 10.7. The second-order valence-electron chi connectivity index (χ2n) is 8.93. The molecule has 0 fully saturated rings. The zero-order valence-corrected chi connectivity index (χ0v) is 26.0. The number of esters is 1. The standard InChI is InChI=1S/C31H35N3O11/c1-38-22-12-18(8-9-21(22)45-31(37)20-15-25(41-4)29(44-7)26(16-20)42-5)17-33-34-27(35)10-11-32-30(36)19-13-23(39-2)28(43-6)24(14-19)40-3/h8-9,12-17H,10-11H2,1-7H3,(H,32,36)(H,34,35). The van der Waals surface area contributed by atoms with Crippen LogP contribution in [0.1, 0.15) is 32.7 Å². The number of amides is 2. The first-order valence-corrected chi connectivity index (χ1v) is 13.3. The van der Waals surface area contributed by atoms with Crippen molar-refractivity contribution < 1.29 is 52.3 Å². The van der Waals surface area contributed by atoms with Crippen molar-refractivity contribution in [3.8, 4) is 46.0 Å². The van der Waals surface area contributed by atoms with E-state index in [1.807, 2.05) is 0 Å². The molecule has 14 nitrogen and oxygen atoms in total. The summed E-state index contributed by atoms with van der Waals surface area (Å²) in [5.74, 6) is 0.812. The Morgan fingerprint density at radius 2 is 1.16 bits per heavy atom. The van der Waals surface area contributed by atoms with E-state index in [4.69, 9.17) is 37.9 Å². The summed E-state index contributed by atoms with van der Waals surface area (Å²) in [6.07, 6.45) is 1.35.